The van der Waals surface area contributed by atoms with Gasteiger partial charge < -0.3 is 4.90 Å². The molecule has 2 rings (SSSR count). The highest BCUT2D eigenvalue weighted by molar-refractivity contribution is 5.28. The quantitative estimate of drug-likeness (QED) is 0.792. The van der Waals surface area contributed by atoms with E-state index in [1.165, 1.54) is 12.1 Å². The van der Waals surface area contributed by atoms with Crippen LogP contribution in [0.5, 0.6) is 0 Å². The summed E-state index contributed by atoms with van der Waals surface area (Å²) in [6.45, 7) is 5.13. The Morgan fingerprint density at radius 3 is 2.79 bits per heavy atom. The maximum atomic E-state index is 12.7. The van der Waals surface area contributed by atoms with E-state index in [2.05, 4.69) is 11.8 Å². The molecule has 0 N–H and O–H groups in total. The van der Waals surface area contributed by atoms with Gasteiger partial charge in [-0.25, -0.2) is 0 Å². The van der Waals surface area contributed by atoms with Crippen LogP contribution >= 0.6 is 0 Å². The number of likely N-dealkylation sites (tertiary alicyclic amines) is 1. The maximum absolute atomic E-state index is 12.7. The molecule has 0 aliphatic carbocycles. The molecule has 1 aromatic carbocycles. The summed E-state index contributed by atoms with van der Waals surface area (Å²) in [5, 5.41) is 0. The van der Waals surface area contributed by atoms with Crippen molar-refractivity contribution in [3.8, 4) is 0 Å². The molecule has 0 radical (unpaired) electrons. The highest BCUT2D eigenvalue weighted by Crippen LogP contribution is 2.33. The molecule has 1 aliphatic heterocycles. The second-order valence-corrected chi connectivity index (χ2v) is 5.26. The molecular weight excluding hydrogens is 251 g/mol. The Hall–Kier alpha value is -1.03. The number of piperidine rings is 1. The lowest BCUT2D eigenvalue weighted by Gasteiger charge is -2.33. The predicted octanol–water partition coefficient (Wildman–Crippen LogP) is 4.29. The standard InChI is InChI=1S/C15H20F3N/c1-2-8-19-9-4-6-13(11-19)12-5-3-7-14(10-12)15(16,17)18/h3,5,7,10,13H,2,4,6,8-9,11H2,1H3/t13-/m1/s1. The summed E-state index contributed by atoms with van der Waals surface area (Å²) in [5.41, 5.74) is 0.299. The van der Waals surface area contributed by atoms with Gasteiger partial charge in [0.2, 0.25) is 0 Å². The summed E-state index contributed by atoms with van der Waals surface area (Å²) in [6.07, 6.45) is -1.09. The number of halogens is 3. The molecule has 19 heavy (non-hydrogen) atoms. The van der Waals surface area contributed by atoms with Crippen LogP contribution in [0.1, 0.15) is 43.2 Å². The molecule has 1 nitrogen and oxygen atoms in total. The van der Waals surface area contributed by atoms with Gasteiger partial charge in [-0.15, -0.1) is 0 Å². The van der Waals surface area contributed by atoms with E-state index in [1.807, 2.05) is 6.07 Å². The van der Waals surface area contributed by atoms with Crippen LogP contribution in [0.15, 0.2) is 24.3 Å². The van der Waals surface area contributed by atoms with Crippen molar-refractivity contribution in [1.82, 2.24) is 4.90 Å². The Morgan fingerprint density at radius 2 is 2.11 bits per heavy atom. The monoisotopic (exact) mass is 271 g/mol. The first-order valence-electron chi connectivity index (χ1n) is 6.90. The lowest BCUT2D eigenvalue weighted by Crippen LogP contribution is -2.34. The normalized spacial score (nSPS) is 21.6. The molecule has 1 aliphatic rings. The molecule has 1 heterocycles. The zero-order chi connectivity index (χ0) is 13.9. The van der Waals surface area contributed by atoms with Crippen molar-refractivity contribution in [3.63, 3.8) is 0 Å². The van der Waals surface area contributed by atoms with Crippen molar-refractivity contribution in [2.45, 2.75) is 38.3 Å². The Morgan fingerprint density at radius 1 is 1.32 bits per heavy atom. The van der Waals surface area contributed by atoms with Gasteiger partial charge in [0.05, 0.1) is 5.56 Å². The first-order valence-corrected chi connectivity index (χ1v) is 6.90. The minimum atomic E-state index is -4.24. The van der Waals surface area contributed by atoms with Crippen molar-refractivity contribution < 1.29 is 13.2 Å². The molecule has 1 saturated heterocycles. The van der Waals surface area contributed by atoms with Crippen molar-refractivity contribution >= 4 is 0 Å². The van der Waals surface area contributed by atoms with Gasteiger partial charge in [-0.1, -0.05) is 25.1 Å². The maximum Gasteiger partial charge on any atom is 0.416 e. The van der Waals surface area contributed by atoms with Gasteiger partial charge in [-0.3, -0.25) is 0 Å². The second kappa shape index (κ2) is 5.95. The van der Waals surface area contributed by atoms with E-state index in [1.54, 1.807) is 0 Å². The highest BCUT2D eigenvalue weighted by atomic mass is 19.4. The summed E-state index contributed by atoms with van der Waals surface area (Å²) in [7, 11) is 0. The fraction of sp³-hybridized carbons (Fsp3) is 0.600. The highest BCUT2D eigenvalue weighted by Gasteiger charge is 2.31. The van der Waals surface area contributed by atoms with E-state index in [0.717, 1.165) is 50.5 Å². The molecule has 0 unspecified atom stereocenters. The lowest BCUT2D eigenvalue weighted by molar-refractivity contribution is -0.137. The van der Waals surface area contributed by atoms with Gasteiger partial charge in [0, 0.05) is 6.54 Å². The van der Waals surface area contributed by atoms with Gasteiger partial charge in [-0.2, -0.15) is 13.2 Å². The third kappa shape index (κ3) is 3.72. The summed E-state index contributed by atoms with van der Waals surface area (Å²) in [5.74, 6) is 0.239. The van der Waals surface area contributed by atoms with Crippen LogP contribution in [0.3, 0.4) is 0 Å². The third-order valence-corrected chi connectivity index (χ3v) is 3.73. The van der Waals surface area contributed by atoms with Crippen LogP contribution in [-0.2, 0) is 6.18 Å². The molecule has 1 atom stereocenters. The van der Waals surface area contributed by atoms with Crippen LogP contribution in [0.4, 0.5) is 13.2 Å². The van der Waals surface area contributed by atoms with Crippen LogP contribution in [0.25, 0.3) is 0 Å². The van der Waals surface area contributed by atoms with Crippen LogP contribution in [-0.4, -0.2) is 24.5 Å². The second-order valence-electron chi connectivity index (χ2n) is 5.26. The van der Waals surface area contributed by atoms with E-state index in [4.69, 9.17) is 0 Å². The average molecular weight is 271 g/mol. The summed E-state index contributed by atoms with van der Waals surface area (Å²) >= 11 is 0. The molecule has 0 bridgehead atoms. The Labute approximate surface area is 112 Å². The fourth-order valence-electron chi connectivity index (χ4n) is 2.82. The number of rotatable bonds is 3. The van der Waals surface area contributed by atoms with Crippen LogP contribution in [0.2, 0.25) is 0 Å². The Kier molecular flexibility index (Phi) is 4.50. The van der Waals surface area contributed by atoms with E-state index in [9.17, 15) is 13.2 Å². The SMILES string of the molecule is CCCN1CCC[C@@H](c2cccc(C(F)(F)F)c2)C1. The van der Waals surface area contributed by atoms with Gasteiger partial charge >= 0.3 is 6.18 Å². The number of nitrogens with zero attached hydrogens (tertiary/aromatic N) is 1. The summed E-state index contributed by atoms with van der Waals surface area (Å²) in [6, 6.07) is 5.82. The Bertz CT molecular complexity index is 412. The van der Waals surface area contributed by atoms with Crippen molar-refractivity contribution in [2.24, 2.45) is 0 Å². The average Bonchev–Trinajstić information content (AvgIpc) is 2.39. The zero-order valence-corrected chi connectivity index (χ0v) is 11.2. The first-order chi connectivity index (χ1) is 9.00. The number of hydrogen-bond acceptors (Lipinski definition) is 1. The third-order valence-electron chi connectivity index (χ3n) is 3.73. The van der Waals surface area contributed by atoms with Gasteiger partial charge in [0.25, 0.3) is 0 Å². The lowest BCUT2D eigenvalue weighted by atomic mass is 9.89. The van der Waals surface area contributed by atoms with Gasteiger partial charge in [0.15, 0.2) is 0 Å². The molecule has 0 spiro atoms. The number of benzene rings is 1. The van der Waals surface area contributed by atoms with Gasteiger partial charge in [-0.05, 0) is 49.9 Å². The van der Waals surface area contributed by atoms with Crippen molar-refractivity contribution in [3.05, 3.63) is 35.4 Å². The first kappa shape index (κ1) is 14.4. The number of alkyl halides is 3. The molecular formula is C15H20F3N. The van der Waals surface area contributed by atoms with E-state index in [-0.39, 0.29) is 5.92 Å². The van der Waals surface area contributed by atoms with Crippen molar-refractivity contribution in [1.29, 1.82) is 0 Å². The summed E-state index contributed by atoms with van der Waals surface area (Å²) in [4.78, 5) is 2.36. The topological polar surface area (TPSA) is 3.24 Å². The molecule has 0 aromatic heterocycles. The molecule has 1 fully saturated rings. The van der Waals surface area contributed by atoms with E-state index >= 15 is 0 Å². The molecule has 106 valence electrons. The molecule has 0 amide bonds. The zero-order valence-electron chi connectivity index (χ0n) is 11.2. The van der Waals surface area contributed by atoms with Crippen LogP contribution < -0.4 is 0 Å². The molecule has 0 saturated carbocycles. The summed E-state index contributed by atoms with van der Waals surface area (Å²) < 4.78 is 38.2. The minimum absolute atomic E-state index is 0.239. The van der Waals surface area contributed by atoms with Gasteiger partial charge in [0.1, 0.15) is 0 Å². The van der Waals surface area contributed by atoms with E-state index < -0.39 is 11.7 Å². The van der Waals surface area contributed by atoms with E-state index in [0.29, 0.717) is 0 Å². The Balaban J connectivity index is 2.13. The largest absolute Gasteiger partial charge is 0.416 e. The van der Waals surface area contributed by atoms with Crippen LogP contribution in [0, 0.1) is 0 Å². The molecule has 4 heteroatoms. The fourth-order valence-corrected chi connectivity index (χ4v) is 2.82. The molecule has 1 aromatic rings. The minimum Gasteiger partial charge on any atom is -0.303 e. The number of hydrogen-bond donors (Lipinski definition) is 0. The predicted molar refractivity (Wildman–Crippen MR) is 70.2 cm³/mol. The smallest absolute Gasteiger partial charge is 0.303 e. The van der Waals surface area contributed by atoms with Crippen molar-refractivity contribution in [2.75, 3.05) is 19.6 Å².